The van der Waals surface area contributed by atoms with Gasteiger partial charge in [0.25, 0.3) is 5.56 Å². The first kappa shape index (κ1) is 16.1. The molecule has 0 saturated carbocycles. The summed E-state index contributed by atoms with van der Waals surface area (Å²) in [5, 5.41) is 9.34. The minimum Gasteiger partial charge on any atom is -0.503 e. The first-order chi connectivity index (χ1) is 11.4. The minimum absolute atomic E-state index is 0.0189. The van der Waals surface area contributed by atoms with Crippen LogP contribution < -0.4 is 11.2 Å². The first-order valence-corrected chi connectivity index (χ1v) is 7.55. The van der Waals surface area contributed by atoms with E-state index in [0.29, 0.717) is 10.6 Å². The normalized spacial score (nSPS) is 11.0. The number of aromatic nitrogens is 3. The molecule has 0 fully saturated rings. The Labute approximate surface area is 138 Å². The zero-order chi connectivity index (χ0) is 17.4. The second kappa shape index (κ2) is 6.00. The molecule has 9 heteroatoms. The molecule has 2 heterocycles. The van der Waals surface area contributed by atoms with Crippen LogP contribution in [0, 0.1) is 11.6 Å². The van der Waals surface area contributed by atoms with Crippen LogP contribution in [0.1, 0.15) is 5.69 Å². The number of phenolic OH excluding ortho intramolecular Hbond substituents is 1. The molecule has 0 aliphatic rings. The van der Waals surface area contributed by atoms with E-state index in [2.05, 4.69) is 4.37 Å². The van der Waals surface area contributed by atoms with E-state index in [1.54, 1.807) is 0 Å². The second-order valence-corrected chi connectivity index (χ2v) is 5.87. The SMILES string of the molecule is Cn1c(=O)ccn(Cc2cc(-c3ccc(F)c(O)c3F)sn2)c1=O. The summed E-state index contributed by atoms with van der Waals surface area (Å²) < 4.78 is 33.4. The van der Waals surface area contributed by atoms with Gasteiger partial charge in [-0.2, -0.15) is 4.37 Å². The zero-order valence-corrected chi connectivity index (χ0v) is 13.2. The molecule has 0 unspecified atom stereocenters. The Morgan fingerprint density at radius 2 is 2.00 bits per heavy atom. The van der Waals surface area contributed by atoms with Gasteiger partial charge in [-0.1, -0.05) is 0 Å². The maximum atomic E-state index is 13.9. The maximum absolute atomic E-state index is 13.9. The summed E-state index contributed by atoms with van der Waals surface area (Å²) in [7, 11) is 1.37. The number of halogens is 2. The van der Waals surface area contributed by atoms with Crippen LogP contribution in [0.5, 0.6) is 5.75 Å². The van der Waals surface area contributed by atoms with Crippen LogP contribution in [0.2, 0.25) is 0 Å². The number of rotatable bonds is 3. The second-order valence-electron chi connectivity index (χ2n) is 5.06. The predicted octanol–water partition coefficient (Wildman–Crippen LogP) is 1.70. The van der Waals surface area contributed by atoms with Crippen molar-refractivity contribution >= 4 is 11.5 Å². The van der Waals surface area contributed by atoms with E-state index in [0.717, 1.165) is 22.2 Å². The third-order valence-electron chi connectivity index (χ3n) is 3.48. The summed E-state index contributed by atoms with van der Waals surface area (Å²) in [6.07, 6.45) is 1.36. The van der Waals surface area contributed by atoms with E-state index < -0.39 is 28.6 Å². The van der Waals surface area contributed by atoms with Crippen molar-refractivity contribution in [1.29, 1.82) is 0 Å². The highest BCUT2D eigenvalue weighted by Crippen LogP contribution is 2.33. The van der Waals surface area contributed by atoms with Crippen LogP contribution >= 0.6 is 11.5 Å². The smallest absolute Gasteiger partial charge is 0.331 e. The molecular weight excluding hydrogens is 340 g/mol. The molecule has 0 amide bonds. The molecule has 2 aromatic heterocycles. The molecular formula is C15H11F2N3O3S. The fraction of sp³-hybridized carbons (Fsp3) is 0.133. The average Bonchev–Trinajstić information content (AvgIpc) is 3.02. The molecule has 24 heavy (non-hydrogen) atoms. The lowest BCUT2D eigenvalue weighted by Gasteiger charge is -2.04. The monoisotopic (exact) mass is 351 g/mol. The van der Waals surface area contributed by atoms with Crippen LogP contribution in [0.15, 0.2) is 40.1 Å². The highest BCUT2D eigenvalue weighted by atomic mass is 32.1. The summed E-state index contributed by atoms with van der Waals surface area (Å²) in [4.78, 5) is 23.7. The Bertz CT molecular complexity index is 1040. The van der Waals surface area contributed by atoms with Gasteiger partial charge in [-0.25, -0.2) is 13.6 Å². The van der Waals surface area contributed by atoms with E-state index in [-0.39, 0.29) is 12.1 Å². The number of hydrogen-bond donors (Lipinski definition) is 1. The zero-order valence-electron chi connectivity index (χ0n) is 12.4. The lowest BCUT2D eigenvalue weighted by atomic mass is 10.1. The maximum Gasteiger partial charge on any atom is 0.331 e. The Morgan fingerprint density at radius 1 is 1.25 bits per heavy atom. The van der Waals surface area contributed by atoms with Crippen molar-refractivity contribution in [3.05, 3.63) is 68.6 Å². The first-order valence-electron chi connectivity index (χ1n) is 6.78. The van der Waals surface area contributed by atoms with Crippen molar-refractivity contribution in [2.24, 2.45) is 7.05 Å². The van der Waals surface area contributed by atoms with Crippen molar-refractivity contribution < 1.29 is 13.9 Å². The van der Waals surface area contributed by atoms with Gasteiger partial charge in [-0.3, -0.25) is 13.9 Å². The van der Waals surface area contributed by atoms with Crippen LogP contribution in [0.3, 0.4) is 0 Å². The van der Waals surface area contributed by atoms with Crippen LogP contribution in [-0.2, 0) is 13.6 Å². The molecule has 124 valence electrons. The molecule has 0 spiro atoms. The summed E-state index contributed by atoms with van der Waals surface area (Å²) in [6.45, 7) is 0.0955. The van der Waals surface area contributed by atoms with Gasteiger partial charge in [0, 0.05) is 24.9 Å². The van der Waals surface area contributed by atoms with Gasteiger partial charge in [-0.05, 0) is 29.7 Å². The summed E-state index contributed by atoms with van der Waals surface area (Å²) >= 11 is 0.956. The average molecular weight is 351 g/mol. The number of hydrogen-bond acceptors (Lipinski definition) is 5. The molecule has 1 N–H and O–H groups in total. The van der Waals surface area contributed by atoms with Gasteiger partial charge in [0.1, 0.15) is 0 Å². The molecule has 3 rings (SSSR count). The number of aromatic hydroxyl groups is 1. The van der Waals surface area contributed by atoms with Crippen molar-refractivity contribution in [1.82, 2.24) is 13.5 Å². The van der Waals surface area contributed by atoms with Gasteiger partial charge < -0.3 is 5.11 Å². The molecule has 0 radical (unpaired) electrons. The quantitative estimate of drug-likeness (QED) is 0.779. The molecule has 6 nitrogen and oxygen atoms in total. The van der Waals surface area contributed by atoms with Crippen molar-refractivity contribution in [3.63, 3.8) is 0 Å². The van der Waals surface area contributed by atoms with Crippen molar-refractivity contribution in [2.75, 3.05) is 0 Å². The van der Waals surface area contributed by atoms with Gasteiger partial charge in [0.05, 0.1) is 17.1 Å². The standard InChI is InChI=1S/C15H11F2N3O3S/c1-19-12(21)4-5-20(15(19)23)7-8-6-11(24-18-8)9-2-3-10(16)14(22)13(9)17/h2-6,22H,7H2,1H3. The van der Waals surface area contributed by atoms with Gasteiger partial charge in [-0.15, -0.1) is 0 Å². The molecule has 0 saturated heterocycles. The highest BCUT2D eigenvalue weighted by Gasteiger charge is 2.16. The van der Waals surface area contributed by atoms with E-state index in [9.17, 15) is 23.5 Å². The summed E-state index contributed by atoms with van der Waals surface area (Å²) in [5.41, 5.74) is -0.425. The fourth-order valence-electron chi connectivity index (χ4n) is 2.16. The van der Waals surface area contributed by atoms with Crippen molar-refractivity contribution in [3.8, 4) is 16.2 Å². The molecule has 0 bridgehead atoms. The topological polar surface area (TPSA) is 77.1 Å². The summed E-state index contributed by atoms with van der Waals surface area (Å²) in [5.74, 6) is -3.15. The van der Waals surface area contributed by atoms with Gasteiger partial charge in [0.2, 0.25) is 0 Å². The van der Waals surface area contributed by atoms with Crippen LogP contribution in [0.4, 0.5) is 8.78 Å². The largest absolute Gasteiger partial charge is 0.503 e. The van der Waals surface area contributed by atoms with Crippen LogP contribution in [-0.4, -0.2) is 18.6 Å². The van der Waals surface area contributed by atoms with E-state index in [4.69, 9.17) is 0 Å². The third kappa shape index (κ3) is 2.73. The molecule has 0 aliphatic heterocycles. The molecule has 0 aliphatic carbocycles. The number of phenols is 1. The van der Waals surface area contributed by atoms with E-state index in [1.165, 1.54) is 36.0 Å². The van der Waals surface area contributed by atoms with Gasteiger partial charge >= 0.3 is 5.69 Å². The Kier molecular flexibility index (Phi) is 4.02. The van der Waals surface area contributed by atoms with E-state index >= 15 is 0 Å². The van der Waals surface area contributed by atoms with Gasteiger partial charge in [0.15, 0.2) is 17.4 Å². The molecule has 0 atom stereocenters. The summed E-state index contributed by atoms with van der Waals surface area (Å²) in [6, 6.07) is 4.97. The van der Waals surface area contributed by atoms with Crippen molar-refractivity contribution in [2.45, 2.75) is 6.54 Å². The Morgan fingerprint density at radius 3 is 2.75 bits per heavy atom. The molecule has 3 aromatic rings. The number of nitrogens with zero attached hydrogens (tertiary/aromatic N) is 3. The minimum atomic E-state index is -1.07. The third-order valence-corrected chi connectivity index (χ3v) is 4.34. The molecule has 1 aromatic carbocycles. The van der Waals surface area contributed by atoms with Crippen LogP contribution in [0.25, 0.3) is 10.4 Å². The lowest BCUT2D eigenvalue weighted by molar-refractivity contribution is 0.397. The highest BCUT2D eigenvalue weighted by molar-refractivity contribution is 7.09. The Balaban J connectivity index is 1.95. The Hall–Kier alpha value is -2.81. The number of benzene rings is 1. The van der Waals surface area contributed by atoms with E-state index in [1.807, 2.05) is 0 Å². The predicted molar refractivity (Wildman–Crippen MR) is 84.2 cm³/mol. The lowest BCUT2D eigenvalue weighted by Crippen LogP contribution is -2.37. The fourth-order valence-corrected chi connectivity index (χ4v) is 2.93.